The lowest BCUT2D eigenvalue weighted by molar-refractivity contribution is 0.581. The van der Waals surface area contributed by atoms with Crippen molar-refractivity contribution in [3.8, 4) is 0 Å². The zero-order chi connectivity index (χ0) is 38.8. The molecule has 0 saturated carbocycles. The number of anilines is 8. The molecule has 10 heteroatoms. The first-order chi connectivity index (χ1) is 28.6. The van der Waals surface area contributed by atoms with Crippen LogP contribution in [0.1, 0.15) is 0 Å². The average Bonchev–Trinajstić information content (AvgIpc) is 3.74. The summed E-state index contributed by atoms with van der Waals surface area (Å²) in [6.07, 6.45) is 3.56. The monoisotopic (exact) mass is 788 g/mol. The first kappa shape index (κ1) is 34.3. The van der Waals surface area contributed by atoms with Gasteiger partial charge in [-0.25, -0.2) is 0 Å². The number of hydrogen-bond donors (Lipinski definition) is 0. The van der Waals surface area contributed by atoms with E-state index in [1.165, 1.54) is 0 Å². The molecule has 9 aromatic rings. The molecule has 0 bridgehead atoms. The van der Waals surface area contributed by atoms with Crippen molar-refractivity contribution in [3.05, 3.63) is 207 Å². The molecule has 0 spiro atoms. The Morgan fingerprint density at radius 2 is 0.655 bits per heavy atom. The van der Waals surface area contributed by atoms with Crippen molar-refractivity contribution in [1.82, 2.24) is 9.97 Å². The highest BCUT2D eigenvalue weighted by molar-refractivity contribution is 7.77. The SMILES string of the molecule is O=P1(c2ccc(P3(=O)N(c4ccccc4)c4ccc5ncccc5c4N3c3ccccc3)cc2)N(c2ccccc2)c2ccc3ncccc3c2N1c1ccccc1. The van der Waals surface area contributed by atoms with Crippen LogP contribution < -0.4 is 29.3 Å². The van der Waals surface area contributed by atoms with Crippen molar-refractivity contribution in [1.29, 1.82) is 0 Å². The molecular weight excluding hydrogens is 755 g/mol. The molecule has 4 heterocycles. The summed E-state index contributed by atoms with van der Waals surface area (Å²) in [6.45, 7) is 0. The van der Waals surface area contributed by atoms with Gasteiger partial charge in [-0.1, -0.05) is 72.8 Å². The maximum atomic E-state index is 16.7. The van der Waals surface area contributed by atoms with Gasteiger partial charge in [-0.05, 0) is 121 Å². The van der Waals surface area contributed by atoms with E-state index in [9.17, 15) is 0 Å². The lowest BCUT2D eigenvalue weighted by Gasteiger charge is -2.35. The summed E-state index contributed by atoms with van der Waals surface area (Å²) < 4.78 is 41.4. The Kier molecular flexibility index (Phi) is 7.87. The normalized spacial score (nSPS) is 18.5. The Bertz CT molecular complexity index is 2890. The van der Waals surface area contributed by atoms with Crippen LogP contribution >= 0.6 is 14.9 Å². The molecule has 0 saturated heterocycles. The summed E-state index contributed by atoms with van der Waals surface area (Å²) >= 11 is 0. The van der Waals surface area contributed by atoms with Crippen LogP contribution in [0.5, 0.6) is 0 Å². The highest BCUT2D eigenvalue weighted by Crippen LogP contribution is 2.73. The van der Waals surface area contributed by atoms with E-state index in [2.05, 4.69) is 9.97 Å². The van der Waals surface area contributed by atoms with Crippen LogP contribution in [0, 0.1) is 0 Å². The molecule has 0 amide bonds. The molecule has 2 aromatic heterocycles. The quantitative estimate of drug-likeness (QED) is 0.154. The Labute approximate surface area is 335 Å². The van der Waals surface area contributed by atoms with E-state index in [1.807, 2.05) is 213 Å². The Balaban J connectivity index is 1.16. The molecule has 2 aliphatic heterocycles. The Morgan fingerprint density at radius 3 is 1.00 bits per heavy atom. The summed E-state index contributed by atoms with van der Waals surface area (Å²) in [4.78, 5) is 9.38. The Hall–Kier alpha value is -6.98. The molecule has 8 nitrogen and oxygen atoms in total. The van der Waals surface area contributed by atoms with Crippen molar-refractivity contribution < 1.29 is 9.13 Å². The lowest BCUT2D eigenvalue weighted by Crippen LogP contribution is -2.30. The first-order valence-corrected chi connectivity index (χ1v) is 22.3. The van der Waals surface area contributed by atoms with E-state index in [1.54, 1.807) is 12.4 Å². The van der Waals surface area contributed by atoms with Gasteiger partial charge in [0.25, 0.3) is 0 Å². The fourth-order valence-corrected chi connectivity index (χ4v) is 14.5. The van der Waals surface area contributed by atoms with Crippen LogP contribution in [0.15, 0.2) is 207 Å². The van der Waals surface area contributed by atoms with Crippen molar-refractivity contribution in [2.24, 2.45) is 0 Å². The number of pyridine rings is 2. The number of rotatable bonds is 6. The molecule has 0 N–H and O–H groups in total. The van der Waals surface area contributed by atoms with E-state index in [4.69, 9.17) is 0 Å². The van der Waals surface area contributed by atoms with E-state index in [-0.39, 0.29) is 0 Å². The minimum atomic E-state index is -3.77. The second-order valence-corrected chi connectivity index (χ2v) is 19.0. The molecule has 0 aliphatic carbocycles. The van der Waals surface area contributed by atoms with Crippen LogP contribution in [0.3, 0.4) is 0 Å². The van der Waals surface area contributed by atoms with Crippen LogP contribution in [0.25, 0.3) is 21.8 Å². The molecule has 7 aromatic carbocycles. The zero-order valence-corrected chi connectivity index (χ0v) is 32.8. The molecule has 2 atom stereocenters. The van der Waals surface area contributed by atoms with Crippen LogP contribution in [-0.2, 0) is 9.13 Å². The number of fused-ring (bicyclic) bond motifs is 6. The summed E-state index contributed by atoms with van der Waals surface area (Å²) in [5.74, 6) is 0. The molecule has 278 valence electrons. The van der Waals surface area contributed by atoms with E-state index in [0.29, 0.717) is 10.6 Å². The van der Waals surface area contributed by atoms with Gasteiger partial charge in [0, 0.05) is 45.9 Å². The van der Waals surface area contributed by atoms with Crippen molar-refractivity contribution in [2.75, 3.05) is 18.7 Å². The summed E-state index contributed by atoms with van der Waals surface area (Å²) in [5, 5.41) is 2.97. The fourth-order valence-electron chi connectivity index (χ4n) is 8.52. The van der Waals surface area contributed by atoms with Gasteiger partial charge in [0.15, 0.2) is 0 Å². The topological polar surface area (TPSA) is 72.9 Å². The average molecular weight is 789 g/mol. The standard InChI is InChI=1S/C48H34N6O2P2/c55-57(51(35-15-5-1-6-16-35)45-31-29-43-41(23-13-33-49-43)47(45)53(57)37-19-9-3-10-20-37)39-25-27-40(28-26-39)58(56)52(36-17-7-2-8-18-36)46-32-30-44-42(24-14-34-50-44)48(46)54(58)38-21-11-4-12-22-38/h1-34H. The van der Waals surface area contributed by atoms with Gasteiger partial charge in [-0.15, -0.1) is 0 Å². The molecule has 2 aliphatic rings. The van der Waals surface area contributed by atoms with E-state index >= 15 is 9.13 Å². The van der Waals surface area contributed by atoms with Gasteiger partial charge in [0.1, 0.15) is 0 Å². The second-order valence-electron chi connectivity index (χ2n) is 14.2. The zero-order valence-electron chi connectivity index (χ0n) is 31.0. The van der Waals surface area contributed by atoms with E-state index < -0.39 is 14.9 Å². The molecular formula is C48H34N6O2P2. The van der Waals surface area contributed by atoms with Crippen molar-refractivity contribution in [3.63, 3.8) is 0 Å². The predicted molar refractivity (Wildman–Crippen MR) is 239 cm³/mol. The molecule has 58 heavy (non-hydrogen) atoms. The summed E-state index contributed by atoms with van der Waals surface area (Å²) in [6, 6.07) is 63.1. The third-order valence-corrected chi connectivity index (χ3v) is 16.8. The largest absolute Gasteiger partial charge is 0.301 e. The molecule has 11 rings (SSSR count). The molecule has 2 unspecified atom stereocenters. The third-order valence-electron chi connectivity index (χ3n) is 11.0. The number of hydrogen-bond acceptors (Lipinski definition) is 4. The third kappa shape index (κ3) is 4.96. The van der Waals surface area contributed by atoms with Gasteiger partial charge in [-0.3, -0.25) is 37.8 Å². The van der Waals surface area contributed by atoms with Gasteiger partial charge in [0.05, 0.1) is 44.4 Å². The number of para-hydroxylation sites is 4. The lowest BCUT2D eigenvalue weighted by atomic mass is 10.1. The minimum absolute atomic E-state index is 0.590. The predicted octanol–water partition coefficient (Wildman–Crippen LogP) is 12.4. The van der Waals surface area contributed by atoms with Crippen LogP contribution in [0.2, 0.25) is 0 Å². The van der Waals surface area contributed by atoms with E-state index in [0.717, 1.165) is 67.3 Å². The van der Waals surface area contributed by atoms with Gasteiger partial charge < -0.3 is 0 Å². The van der Waals surface area contributed by atoms with Gasteiger partial charge in [0.2, 0.25) is 0 Å². The molecule has 0 radical (unpaired) electrons. The maximum Gasteiger partial charge on any atom is 0.301 e. The van der Waals surface area contributed by atoms with Crippen molar-refractivity contribution in [2.45, 2.75) is 0 Å². The van der Waals surface area contributed by atoms with Crippen LogP contribution in [-0.4, -0.2) is 9.97 Å². The van der Waals surface area contributed by atoms with Gasteiger partial charge >= 0.3 is 14.9 Å². The maximum absolute atomic E-state index is 16.7. The smallest absolute Gasteiger partial charge is 0.270 e. The summed E-state index contributed by atoms with van der Waals surface area (Å²) in [7, 11) is -7.54. The highest BCUT2D eigenvalue weighted by Gasteiger charge is 2.52. The van der Waals surface area contributed by atoms with Crippen molar-refractivity contribution >= 4 is 92.8 Å². The fraction of sp³-hybridized carbons (Fsp3) is 0. The number of benzene rings is 7. The summed E-state index contributed by atoms with van der Waals surface area (Å²) in [5.41, 5.74) is 8.04. The Morgan fingerprint density at radius 1 is 0.328 bits per heavy atom. The second kappa shape index (κ2) is 13.3. The number of aromatic nitrogens is 2. The van der Waals surface area contributed by atoms with Crippen LogP contribution in [0.4, 0.5) is 45.5 Å². The first-order valence-electron chi connectivity index (χ1n) is 19.1. The number of nitrogens with zero attached hydrogens (tertiary/aromatic N) is 6. The van der Waals surface area contributed by atoms with Gasteiger partial charge in [-0.2, -0.15) is 0 Å². The highest BCUT2D eigenvalue weighted by atomic mass is 31.2. The minimum Gasteiger partial charge on any atom is -0.270 e. The molecule has 0 fully saturated rings.